The SMILES string of the molecule is Ic1cc([C@H]2[C@@H]3CC(N4CCOCC4)C[C@@H]32)n(C2CCC2)n1. The third-order valence-electron chi connectivity index (χ3n) is 6.48. The summed E-state index contributed by atoms with van der Waals surface area (Å²) in [6.45, 7) is 4.16. The second kappa shape index (κ2) is 5.45. The lowest BCUT2D eigenvalue weighted by molar-refractivity contribution is 0.0151. The molecule has 4 nitrogen and oxygen atoms in total. The topological polar surface area (TPSA) is 30.3 Å². The van der Waals surface area contributed by atoms with Crippen molar-refractivity contribution < 1.29 is 4.74 Å². The van der Waals surface area contributed by atoms with Crippen molar-refractivity contribution in [1.29, 1.82) is 0 Å². The Balaban J connectivity index is 1.28. The Labute approximate surface area is 145 Å². The summed E-state index contributed by atoms with van der Waals surface area (Å²) in [4.78, 5) is 2.68. The van der Waals surface area contributed by atoms with Crippen molar-refractivity contribution in [2.24, 2.45) is 11.8 Å². The summed E-state index contributed by atoms with van der Waals surface area (Å²) in [5.41, 5.74) is 1.56. The van der Waals surface area contributed by atoms with Crippen LogP contribution in [0.4, 0.5) is 0 Å². The van der Waals surface area contributed by atoms with Crippen molar-refractivity contribution in [2.45, 2.75) is 50.1 Å². The molecule has 1 saturated heterocycles. The fraction of sp³-hybridized carbons (Fsp3) is 0.824. The Morgan fingerprint density at radius 2 is 1.82 bits per heavy atom. The fourth-order valence-electron chi connectivity index (χ4n) is 5.04. The number of ether oxygens (including phenoxy) is 1. The molecule has 3 aliphatic carbocycles. The molecule has 120 valence electrons. The molecule has 0 amide bonds. The zero-order valence-corrected chi connectivity index (χ0v) is 15.1. The van der Waals surface area contributed by atoms with E-state index in [4.69, 9.17) is 9.84 Å². The van der Waals surface area contributed by atoms with Crippen LogP contribution in [-0.2, 0) is 4.74 Å². The summed E-state index contributed by atoms with van der Waals surface area (Å²) < 4.78 is 9.09. The summed E-state index contributed by atoms with van der Waals surface area (Å²) >= 11 is 2.39. The highest BCUT2D eigenvalue weighted by atomic mass is 127. The van der Waals surface area contributed by atoms with Crippen LogP contribution in [0, 0.1) is 15.5 Å². The summed E-state index contributed by atoms with van der Waals surface area (Å²) in [7, 11) is 0. The zero-order chi connectivity index (χ0) is 14.7. The monoisotopic (exact) mass is 413 g/mol. The predicted molar refractivity (Wildman–Crippen MR) is 93.0 cm³/mol. The maximum Gasteiger partial charge on any atom is 0.123 e. The first-order chi connectivity index (χ1) is 10.8. The second-order valence-electron chi connectivity index (χ2n) is 7.55. The molecule has 1 unspecified atom stereocenters. The van der Waals surface area contributed by atoms with Gasteiger partial charge in [-0.15, -0.1) is 0 Å². The Morgan fingerprint density at radius 1 is 1.09 bits per heavy atom. The van der Waals surface area contributed by atoms with E-state index in [9.17, 15) is 0 Å². The molecule has 5 rings (SSSR count). The van der Waals surface area contributed by atoms with E-state index in [0.29, 0.717) is 6.04 Å². The molecule has 4 atom stereocenters. The van der Waals surface area contributed by atoms with Gasteiger partial charge in [-0.2, -0.15) is 5.10 Å². The molecular formula is C17H24IN3O. The van der Waals surface area contributed by atoms with Gasteiger partial charge in [-0.1, -0.05) is 0 Å². The van der Waals surface area contributed by atoms with Crippen molar-refractivity contribution in [3.63, 3.8) is 0 Å². The van der Waals surface area contributed by atoms with Gasteiger partial charge in [0.25, 0.3) is 0 Å². The molecule has 1 aromatic rings. The molecule has 0 spiro atoms. The van der Waals surface area contributed by atoms with E-state index in [2.05, 4.69) is 38.2 Å². The molecule has 22 heavy (non-hydrogen) atoms. The van der Waals surface area contributed by atoms with Crippen LogP contribution in [-0.4, -0.2) is 47.0 Å². The number of rotatable bonds is 3. The number of hydrogen-bond acceptors (Lipinski definition) is 3. The first-order valence-corrected chi connectivity index (χ1v) is 9.96. The van der Waals surface area contributed by atoms with Crippen LogP contribution in [0.5, 0.6) is 0 Å². The van der Waals surface area contributed by atoms with Gasteiger partial charge in [0.1, 0.15) is 3.70 Å². The highest BCUT2D eigenvalue weighted by molar-refractivity contribution is 14.1. The van der Waals surface area contributed by atoms with E-state index in [1.165, 1.54) is 35.8 Å². The van der Waals surface area contributed by atoms with Crippen LogP contribution in [0.15, 0.2) is 6.07 Å². The highest BCUT2D eigenvalue weighted by Crippen LogP contribution is 2.64. The molecule has 3 saturated carbocycles. The van der Waals surface area contributed by atoms with Crippen molar-refractivity contribution >= 4 is 22.6 Å². The van der Waals surface area contributed by atoms with Gasteiger partial charge in [0.05, 0.1) is 19.3 Å². The van der Waals surface area contributed by atoms with E-state index in [0.717, 1.165) is 50.1 Å². The summed E-state index contributed by atoms with van der Waals surface area (Å²) in [5.74, 6) is 2.67. The normalized spacial score (nSPS) is 38.8. The average Bonchev–Trinajstić information content (AvgIpc) is 2.83. The molecule has 0 radical (unpaired) electrons. The van der Waals surface area contributed by atoms with Crippen LogP contribution in [0.2, 0.25) is 0 Å². The van der Waals surface area contributed by atoms with Crippen molar-refractivity contribution in [2.75, 3.05) is 26.3 Å². The lowest BCUT2D eigenvalue weighted by Crippen LogP contribution is -2.43. The van der Waals surface area contributed by atoms with Crippen LogP contribution in [0.25, 0.3) is 0 Å². The zero-order valence-electron chi connectivity index (χ0n) is 13.0. The molecule has 0 N–H and O–H groups in total. The lowest BCUT2D eigenvalue weighted by Gasteiger charge is -2.33. The van der Waals surface area contributed by atoms with Gasteiger partial charge >= 0.3 is 0 Å². The standard InChI is InChI=1S/C17H24IN3O/c18-16-10-15(21(19-16)11-2-1-3-11)17-13-8-12(9-14(13)17)20-4-6-22-7-5-20/h10-14,17H,1-9H2/t12?,13-,14+,17+. The third kappa shape index (κ3) is 2.26. The van der Waals surface area contributed by atoms with Gasteiger partial charge in [-0.25, -0.2) is 0 Å². The summed E-state index contributed by atoms with van der Waals surface area (Å²) in [6.07, 6.45) is 6.87. The van der Waals surface area contributed by atoms with Crippen molar-refractivity contribution in [3.8, 4) is 0 Å². The Hall–Kier alpha value is -0.140. The minimum Gasteiger partial charge on any atom is -0.379 e. The number of morpholine rings is 1. The van der Waals surface area contributed by atoms with Crippen molar-refractivity contribution in [3.05, 3.63) is 15.5 Å². The smallest absolute Gasteiger partial charge is 0.123 e. The Morgan fingerprint density at radius 3 is 2.45 bits per heavy atom. The number of fused-ring (bicyclic) bond motifs is 1. The van der Waals surface area contributed by atoms with Gasteiger partial charge < -0.3 is 4.74 Å². The van der Waals surface area contributed by atoms with Crippen LogP contribution in [0.3, 0.4) is 0 Å². The van der Waals surface area contributed by atoms with Crippen LogP contribution < -0.4 is 0 Å². The van der Waals surface area contributed by atoms with E-state index < -0.39 is 0 Å². The predicted octanol–water partition coefficient (Wildman–Crippen LogP) is 3.04. The van der Waals surface area contributed by atoms with Gasteiger partial charge in [-0.05, 0) is 72.6 Å². The molecule has 0 bridgehead atoms. The molecule has 0 aromatic carbocycles. The summed E-state index contributed by atoms with van der Waals surface area (Å²) in [5, 5.41) is 4.81. The number of nitrogens with zero attached hydrogens (tertiary/aromatic N) is 3. The van der Waals surface area contributed by atoms with Crippen LogP contribution >= 0.6 is 22.6 Å². The quantitative estimate of drug-likeness (QED) is 0.714. The second-order valence-corrected chi connectivity index (χ2v) is 8.65. The van der Waals surface area contributed by atoms with Gasteiger partial charge in [0.2, 0.25) is 0 Å². The molecule has 5 heteroatoms. The fourth-order valence-corrected chi connectivity index (χ4v) is 5.59. The van der Waals surface area contributed by atoms with Crippen molar-refractivity contribution in [1.82, 2.24) is 14.7 Å². The van der Waals surface area contributed by atoms with E-state index >= 15 is 0 Å². The average molecular weight is 413 g/mol. The first kappa shape index (κ1) is 14.2. The third-order valence-corrected chi connectivity index (χ3v) is 7.01. The maximum atomic E-state index is 5.50. The minimum atomic E-state index is 0.704. The molecule has 4 fully saturated rings. The number of aromatic nitrogens is 2. The van der Waals surface area contributed by atoms with Gasteiger partial charge in [0.15, 0.2) is 0 Å². The number of halogens is 1. The van der Waals surface area contributed by atoms with Crippen LogP contribution in [0.1, 0.15) is 49.8 Å². The van der Waals surface area contributed by atoms with Gasteiger partial charge in [-0.3, -0.25) is 9.58 Å². The molecule has 1 aliphatic heterocycles. The Bertz CT molecular complexity index is 552. The Kier molecular flexibility index (Phi) is 3.52. The number of hydrogen-bond donors (Lipinski definition) is 0. The molecule has 1 aromatic heterocycles. The molecule has 2 heterocycles. The largest absolute Gasteiger partial charge is 0.379 e. The molecule has 4 aliphatic rings. The van der Waals surface area contributed by atoms with E-state index in [1.807, 2.05) is 0 Å². The first-order valence-electron chi connectivity index (χ1n) is 8.88. The molecular weight excluding hydrogens is 389 g/mol. The van der Waals surface area contributed by atoms with E-state index in [-0.39, 0.29) is 0 Å². The van der Waals surface area contributed by atoms with E-state index in [1.54, 1.807) is 5.69 Å². The highest BCUT2D eigenvalue weighted by Gasteiger charge is 2.58. The van der Waals surface area contributed by atoms with Gasteiger partial charge in [0, 0.05) is 30.7 Å². The summed E-state index contributed by atoms with van der Waals surface area (Å²) in [6, 6.07) is 3.90. The maximum absolute atomic E-state index is 5.50. The minimum absolute atomic E-state index is 0.704. The lowest BCUT2D eigenvalue weighted by atomic mass is 9.92.